The second-order valence-corrected chi connectivity index (χ2v) is 6.91. The number of piperidine rings is 1. The van der Waals surface area contributed by atoms with E-state index in [-0.39, 0.29) is 0 Å². The second-order valence-electron chi connectivity index (χ2n) is 6.05. The van der Waals surface area contributed by atoms with Gasteiger partial charge in [0, 0.05) is 23.2 Å². The summed E-state index contributed by atoms with van der Waals surface area (Å²) >= 11 is 3.56. The molecule has 2 nitrogen and oxygen atoms in total. The number of halogens is 1. The van der Waals surface area contributed by atoms with Gasteiger partial charge < -0.3 is 10.6 Å². The highest BCUT2D eigenvalue weighted by atomic mass is 79.9. The third-order valence-corrected chi connectivity index (χ3v) is 5.25. The Morgan fingerprint density at radius 2 is 2.17 bits per heavy atom. The first-order chi connectivity index (χ1) is 8.44. The number of anilines is 1. The third-order valence-electron chi connectivity index (χ3n) is 4.36. The quantitative estimate of drug-likeness (QED) is 0.905. The van der Waals surface area contributed by atoms with Gasteiger partial charge in [0.15, 0.2) is 0 Å². The fourth-order valence-corrected chi connectivity index (χ4v) is 2.93. The number of rotatable bonds is 2. The topological polar surface area (TPSA) is 29.3 Å². The van der Waals surface area contributed by atoms with Gasteiger partial charge in [0.25, 0.3) is 0 Å². The first kappa shape index (κ1) is 13.9. The van der Waals surface area contributed by atoms with Crippen molar-refractivity contribution in [2.45, 2.75) is 27.2 Å². The first-order valence-electron chi connectivity index (χ1n) is 6.65. The summed E-state index contributed by atoms with van der Waals surface area (Å²) in [6.45, 7) is 9.80. The first-order valence-corrected chi connectivity index (χ1v) is 7.44. The van der Waals surface area contributed by atoms with E-state index in [9.17, 15) is 0 Å². The zero-order valence-corrected chi connectivity index (χ0v) is 13.1. The lowest BCUT2D eigenvalue weighted by molar-refractivity contribution is 0.177. The second kappa shape index (κ2) is 5.22. The molecule has 0 aromatic heterocycles. The Hall–Kier alpha value is -0.540. The zero-order chi connectivity index (χ0) is 13.3. The van der Waals surface area contributed by atoms with Crippen LogP contribution in [-0.4, -0.2) is 19.6 Å². The maximum atomic E-state index is 5.94. The van der Waals surface area contributed by atoms with E-state index in [1.807, 2.05) is 0 Å². The van der Waals surface area contributed by atoms with Crippen molar-refractivity contribution < 1.29 is 0 Å². The van der Waals surface area contributed by atoms with Crippen molar-refractivity contribution in [3.8, 4) is 0 Å². The van der Waals surface area contributed by atoms with Gasteiger partial charge in [0.05, 0.1) is 0 Å². The lowest BCUT2D eigenvalue weighted by Crippen LogP contribution is -2.47. The highest BCUT2D eigenvalue weighted by Gasteiger charge is 2.34. The molecule has 0 spiro atoms. The van der Waals surface area contributed by atoms with E-state index in [0.717, 1.165) is 19.6 Å². The number of nitrogens with zero attached hydrogens (tertiary/aromatic N) is 1. The van der Waals surface area contributed by atoms with Crippen LogP contribution in [0.25, 0.3) is 0 Å². The van der Waals surface area contributed by atoms with E-state index < -0.39 is 0 Å². The molecule has 0 amide bonds. The fourth-order valence-electron chi connectivity index (χ4n) is 2.69. The summed E-state index contributed by atoms with van der Waals surface area (Å²) in [6.07, 6.45) is 1.21. The number of aryl methyl sites for hydroxylation is 1. The molecule has 0 aliphatic carbocycles. The molecule has 0 radical (unpaired) electrons. The zero-order valence-electron chi connectivity index (χ0n) is 11.5. The molecule has 18 heavy (non-hydrogen) atoms. The molecule has 1 aromatic carbocycles. The van der Waals surface area contributed by atoms with Crippen LogP contribution in [0.4, 0.5) is 5.69 Å². The van der Waals surface area contributed by atoms with Crippen molar-refractivity contribution in [3.63, 3.8) is 0 Å². The Labute approximate surface area is 119 Å². The van der Waals surface area contributed by atoms with Crippen LogP contribution in [0.2, 0.25) is 0 Å². The van der Waals surface area contributed by atoms with Crippen LogP contribution < -0.4 is 10.6 Å². The van der Waals surface area contributed by atoms with Gasteiger partial charge in [-0.3, -0.25) is 0 Å². The molecular weight excluding hydrogens is 288 g/mol. The molecule has 0 bridgehead atoms. The Morgan fingerprint density at radius 1 is 1.44 bits per heavy atom. The van der Waals surface area contributed by atoms with Crippen LogP contribution in [0.3, 0.4) is 0 Å². The van der Waals surface area contributed by atoms with E-state index in [1.54, 1.807) is 0 Å². The maximum absolute atomic E-state index is 5.94. The smallest absolute Gasteiger partial charge is 0.0369 e. The molecule has 2 rings (SSSR count). The van der Waals surface area contributed by atoms with Crippen molar-refractivity contribution in [1.82, 2.24) is 0 Å². The molecule has 1 saturated heterocycles. The van der Waals surface area contributed by atoms with E-state index in [4.69, 9.17) is 5.73 Å². The Balaban J connectivity index is 2.18. The molecule has 0 saturated carbocycles. The summed E-state index contributed by atoms with van der Waals surface area (Å²) in [6, 6.07) is 6.60. The van der Waals surface area contributed by atoms with Gasteiger partial charge >= 0.3 is 0 Å². The lowest BCUT2D eigenvalue weighted by Gasteiger charge is -2.44. The average Bonchev–Trinajstić information content (AvgIpc) is 2.32. The van der Waals surface area contributed by atoms with E-state index >= 15 is 0 Å². The molecule has 100 valence electrons. The van der Waals surface area contributed by atoms with Crippen LogP contribution in [0.15, 0.2) is 22.7 Å². The summed E-state index contributed by atoms with van der Waals surface area (Å²) in [5.74, 6) is 0.579. The number of hydrogen-bond donors (Lipinski definition) is 1. The molecule has 1 aliphatic rings. The van der Waals surface area contributed by atoms with Gasteiger partial charge in [-0.2, -0.15) is 0 Å². The predicted molar refractivity (Wildman–Crippen MR) is 82.0 cm³/mol. The minimum Gasteiger partial charge on any atom is -0.371 e. The van der Waals surface area contributed by atoms with Crippen LogP contribution >= 0.6 is 15.9 Å². The SMILES string of the molecule is Cc1cc(N2CCC(C)(C)C(CN)C2)ccc1Br. The highest BCUT2D eigenvalue weighted by Crippen LogP contribution is 2.37. The van der Waals surface area contributed by atoms with Crippen molar-refractivity contribution >= 4 is 21.6 Å². The highest BCUT2D eigenvalue weighted by molar-refractivity contribution is 9.10. The minimum atomic E-state index is 0.371. The summed E-state index contributed by atoms with van der Waals surface area (Å²) in [7, 11) is 0. The molecule has 1 atom stereocenters. The van der Waals surface area contributed by atoms with Gasteiger partial charge in [-0.15, -0.1) is 0 Å². The summed E-state index contributed by atoms with van der Waals surface area (Å²) in [4.78, 5) is 2.47. The normalized spacial score (nSPS) is 23.2. The van der Waals surface area contributed by atoms with Crippen LogP contribution in [-0.2, 0) is 0 Å². The Morgan fingerprint density at radius 3 is 2.78 bits per heavy atom. The van der Waals surface area contributed by atoms with Crippen molar-refractivity contribution in [2.75, 3.05) is 24.5 Å². The Bertz CT molecular complexity index is 429. The number of hydrogen-bond acceptors (Lipinski definition) is 2. The molecule has 2 N–H and O–H groups in total. The van der Waals surface area contributed by atoms with Crippen molar-refractivity contribution in [3.05, 3.63) is 28.2 Å². The third kappa shape index (κ3) is 2.72. The van der Waals surface area contributed by atoms with Crippen LogP contribution in [0, 0.1) is 18.3 Å². The Kier molecular flexibility index (Phi) is 4.02. The van der Waals surface area contributed by atoms with Crippen molar-refractivity contribution in [1.29, 1.82) is 0 Å². The largest absolute Gasteiger partial charge is 0.371 e. The molecule has 1 heterocycles. The molecule has 3 heteroatoms. The van der Waals surface area contributed by atoms with E-state index in [0.29, 0.717) is 11.3 Å². The van der Waals surface area contributed by atoms with Gasteiger partial charge in [-0.25, -0.2) is 0 Å². The fraction of sp³-hybridized carbons (Fsp3) is 0.600. The van der Waals surface area contributed by atoms with Crippen molar-refractivity contribution in [2.24, 2.45) is 17.1 Å². The number of nitrogens with two attached hydrogens (primary N) is 1. The minimum absolute atomic E-state index is 0.371. The van der Waals surface area contributed by atoms with E-state index in [2.05, 4.69) is 59.8 Å². The molecule has 1 fully saturated rings. The predicted octanol–water partition coefficient (Wildman–Crippen LogP) is 3.57. The number of benzene rings is 1. The molecule has 1 aliphatic heterocycles. The lowest BCUT2D eigenvalue weighted by atomic mass is 9.73. The summed E-state index contributed by atoms with van der Waals surface area (Å²) < 4.78 is 1.18. The van der Waals surface area contributed by atoms with Crippen LogP contribution in [0.1, 0.15) is 25.8 Å². The van der Waals surface area contributed by atoms with Gasteiger partial charge in [0.2, 0.25) is 0 Å². The molecule has 1 unspecified atom stereocenters. The molecular formula is C15H23BrN2. The van der Waals surface area contributed by atoms with Gasteiger partial charge in [-0.1, -0.05) is 29.8 Å². The van der Waals surface area contributed by atoms with Gasteiger partial charge in [0.1, 0.15) is 0 Å². The maximum Gasteiger partial charge on any atom is 0.0369 e. The summed E-state index contributed by atoms with van der Waals surface area (Å²) in [5.41, 5.74) is 8.93. The van der Waals surface area contributed by atoms with E-state index in [1.165, 1.54) is 22.1 Å². The standard InChI is InChI=1S/C15H23BrN2/c1-11-8-13(4-5-14(11)16)18-7-6-15(2,3)12(9-17)10-18/h4-5,8,12H,6-7,9-10,17H2,1-3H3. The van der Waals surface area contributed by atoms with Gasteiger partial charge in [-0.05, 0) is 55.0 Å². The monoisotopic (exact) mass is 310 g/mol. The molecule has 1 aromatic rings. The summed E-state index contributed by atoms with van der Waals surface area (Å²) in [5, 5.41) is 0. The van der Waals surface area contributed by atoms with Crippen LogP contribution in [0.5, 0.6) is 0 Å². The average molecular weight is 311 g/mol.